The fourth-order valence-electron chi connectivity index (χ4n) is 5.16. The Kier molecular flexibility index (Phi) is 11.5. The molecule has 3 aliphatic heterocycles. The predicted octanol–water partition coefficient (Wildman–Crippen LogP) is 2.67. The molecule has 3 saturated heterocycles. The van der Waals surface area contributed by atoms with Crippen LogP contribution in [0.2, 0.25) is 0 Å². The molecule has 0 aromatic carbocycles. The molecule has 3 fully saturated rings. The molecular weight excluding hydrogens is 532 g/mol. The summed E-state index contributed by atoms with van der Waals surface area (Å²) in [5.74, 6) is -0.403. The van der Waals surface area contributed by atoms with Crippen LogP contribution in [0.3, 0.4) is 0 Å². The van der Waals surface area contributed by atoms with Crippen molar-refractivity contribution in [1.29, 1.82) is 0 Å². The maximum atomic E-state index is 12.5. The number of amides is 2. The highest BCUT2D eigenvalue weighted by Crippen LogP contribution is 2.43. The molecular formula is C30H46N2O9. The molecule has 11 nitrogen and oxygen atoms in total. The zero-order valence-corrected chi connectivity index (χ0v) is 25.2. The van der Waals surface area contributed by atoms with Gasteiger partial charge in [0, 0.05) is 26.6 Å². The molecule has 3 aliphatic rings. The highest BCUT2D eigenvalue weighted by molar-refractivity contribution is 5.87. The summed E-state index contributed by atoms with van der Waals surface area (Å²) in [6.07, 6.45) is 7.85. The van der Waals surface area contributed by atoms with Crippen molar-refractivity contribution in [3.8, 4) is 0 Å². The Bertz CT molecular complexity index is 1020. The molecule has 1 spiro atoms. The number of aliphatic hydroxyl groups excluding tert-OH is 1. The van der Waals surface area contributed by atoms with Gasteiger partial charge in [0.05, 0.1) is 44.5 Å². The first kappa shape index (κ1) is 32.8. The highest BCUT2D eigenvalue weighted by atomic mass is 16.6. The van der Waals surface area contributed by atoms with E-state index in [0.717, 1.165) is 12.0 Å². The Labute approximate surface area is 242 Å². The van der Waals surface area contributed by atoms with E-state index in [0.29, 0.717) is 19.4 Å². The fourth-order valence-corrected chi connectivity index (χ4v) is 5.16. The van der Waals surface area contributed by atoms with Crippen LogP contribution < -0.4 is 5.32 Å². The Morgan fingerprint density at radius 1 is 1.20 bits per heavy atom. The van der Waals surface area contributed by atoms with Crippen LogP contribution in [0.25, 0.3) is 0 Å². The van der Waals surface area contributed by atoms with Crippen molar-refractivity contribution in [3.05, 3.63) is 36.0 Å². The van der Waals surface area contributed by atoms with Gasteiger partial charge in [-0.15, -0.1) is 0 Å². The first-order valence-corrected chi connectivity index (χ1v) is 14.2. The minimum Gasteiger partial charge on any atom is -0.469 e. The van der Waals surface area contributed by atoms with Crippen LogP contribution in [0.5, 0.6) is 0 Å². The van der Waals surface area contributed by atoms with Gasteiger partial charge in [0.2, 0.25) is 5.91 Å². The standard InChI is InChI=1S/C30H46N2O9/c1-18(9-12-25-28(35)30(17-38-30)16-22(41-25)15-27(34)37-7)8-11-24-19(2)14-23(21(4)40-24)31-26(33)13-10-20(3)39-29(36)32(5)6/h8-10,12-13,19-25,28,35H,11,14-17H2,1-7H3,(H,31,33)/b12-9+,13-10-,18-8+/t19-,20-,21+,22+,23+,24-,25+,28+,30+/m0/s1. The van der Waals surface area contributed by atoms with Crippen molar-refractivity contribution in [2.24, 2.45) is 5.92 Å². The van der Waals surface area contributed by atoms with Gasteiger partial charge in [-0.2, -0.15) is 0 Å². The number of nitrogens with one attached hydrogen (secondary N) is 1. The summed E-state index contributed by atoms with van der Waals surface area (Å²) in [5.41, 5.74) is 0.346. The lowest BCUT2D eigenvalue weighted by molar-refractivity contribution is -0.157. The molecule has 41 heavy (non-hydrogen) atoms. The van der Waals surface area contributed by atoms with E-state index >= 15 is 0 Å². The lowest BCUT2D eigenvalue weighted by atomic mass is 9.87. The van der Waals surface area contributed by atoms with Gasteiger partial charge in [0.15, 0.2) is 0 Å². The van der Waals surface area contributed by atoms with Crippen molar-refractivity contribution >= 4 is 18.0 Å². The summed E-state index contributed by atoms with van der Waals surface area (Å²) < 4.78 is 27.8. The van der Waals surface area contributed by atoms with Gasteiger partial charge in [0.25, 0.3) is 0 Å². The summed E-state index contributed by atoms with van der Waals surface area (Å²) in [4.78, 5) is 37.2. The number of nitrogens with zero attached hydrogens (tertiary/aromatic N) is 1. The first-order valence-electron chi connectivity index (χ1n) is 14.2. The van der Waals surface area contributed by atoms with E-state index in [1.165, 1.54) is 18.1 Å². The Morgan fingerprint density at radius 2 is 1.90 bits per heavy atom. The van der Waals surface area contributed by atoms with Crippen LogP contribution in [0, 0.1) is 5.92 Å². The number of methoxy groups -OCH3 is 1. The maximum Gasteiger partial charge on any atom is 0.409 e. The molecule has 0 aliphatic carbocycles. The van der Waals surface area contributed by atoms with Crippen molar-refractivity contribution in [1.82, 2.24) is 10.2 Å². The Balaban J connectivity index is 1.48. The van der Waals surface area contributed by atoms with E-state index in [1.807, 2.05) is 26.0 Å². The number of aliphatic hydroxyl groups is 1. The topological polar surface area (TPSA) is 136 Å². The Morgan fingerprint density at radius 3 is 2.54 bits per heavy atom. The lowest BCUT2D eigenvalue weighted by Gasteiger charge is -2.39. The van der Waals surface area contributed by atoms with E-state index < -0.39 is 30.0 Å². The van der Waals surface area contributed by atoms with Gasteiger partial charge in [-0.1, -0.05) is 30.7 Å². The zero-order chi connectivity index (χ0) is 30.3. The summed E-state index contributed by atoms with van der Waals surface area (Å²) >= 11 is 0. The first-order chi connectivity index (χ1) is 19.3. The van der Waals surface area contributed by atoms with E-state index in [1.54, 1.807) is 27.1 Å². The van der Waals surface area contributed by atoms with Gasteiger partial charge in [0.1, 0.15) is 23.9 Å². The van der Waals surface area contributed by atoms with Crippen LogP contribution in [0.15, 0.2) is 36.0 Å². The molecule has 2 N–H and O–H groups in total. The third kappa shape index (κ3) is 9.39. The molecule has 3 rings (SSSR count). The number of hydrogen-bond acceptors (Lipinski definition) is 9. The molecule has 0 aromatic heterocycles. The number of carbonyl (C=O) groups is 3. The van der Waals surface area contributed by atoms with Crippen LogP contribution >= 0.6 is 0 Å². The molecule has 230 valence electrons. The van der Waals surface area contributed by atoms with E-state index in [9.17, 15) is 19.5 Å². The average Bonchev–Trinajstić information content (AvgIpc) is 3.69. The van der Waals surface area contributed by atoms with Crippen molar-refractivity contribution in [3.63, 3.8) is 0 Å². The van der Waals surface area contributed by atoms with E-state index in [2.05, 4.69) is 18.3 Å². The SMILES string of the molecule is COC(=O)C[C@@H]1C[C@@]2(CO2)[C@H](O)[C@@H](/C=C/C(C)=C/C[C@@H]2O[C@H](C)[C@H](NC(=O)/C=C\[C@H](C)OC(=O)N(C)C)C[C@@H]2C)O1. The lowest BCUT2D eigenvalue weighted by Crippen LogP contribution is -2.50. The van der Waals surface area contributed by atoms with Crippen LogP contribution in [-0.4, -0.2) is 104 Å². The van der Waals surface area contributed by atoms with Gasteiger partial charge in [-0.25, -0.2) is 4.79 Å². The molecule has 3 heterocycles. The highest BCUT2D eigenvalue weighted by Gasteiger charge is 2.58. The largest absolute Gasteiger partial charge is 0.469 e. The monoisotopic (exact) mass is 578 g/mol. The summed E-state index contributed by atoms with van der Waals surface area (Å²) in [5, 5.41) is 13.8. The van der Waals surface area contributed by atoms with Crippen LogP contribution in [0.1, 0.15) is 53.4 Å². The van der Waals surface area contributed by atoms with E-state index in [-0.39, 0.29) is 48.6 Å². The van der Waals surface area contributed by atoms with Gasteiger partial charge in [-0.3, -0.25) is 9.59 Å². The second kappa shape index (κ2) is 14.4. The number of rotatable bonds is 10. The normalized spacial score (nSPS) is 34.4. The minimum absolute atomic E-state index is 0.00777. The van der Waals surface area contributed by atoms with Crippen molar-refractivity contribution in [2.45, 2.75) is 102 Å². The third-order valence-corrected chi connectivity index (χ3v) is 7.85. The van der Waals surface area contributed by atoms with Crippen LogP contribution in [0.4, 0.5) is 4.79 Å². The number of carbonyl (C=O) groups excluding carboxylic acids is 3. The molecule has 0 unspecified atom stereocenters. The number of hydrogen-bond donors (Lipinski definition) is 2. The van der Waals surface area contributed by atoms with Crippen LogP contribution in [-0.2, 0) is 33.3 Å². The molecule has 0 saturated carbocycles. The van der Waals surface area contributed by atoms with Crippen molar-refractivity contribution in [2.75, 3.05) is 27.8 Å². The molecule has 0 aromatic rings. The molecule has 9 atom stereocenters. The number of epoxide rings is 1. The zero-order valence-electron chi connectivity index (χ0n) is 25.2. The van der Waals surface area contributed by atoms with Gasteiger partial charge >= 0.3 is 12.1 Å². The second-order valence-corrected chi connectivity index (χ2v) is 11.6. The number of allylic oxidation sites excluding steroid dienone is 2. The number of ether oxygens (including phenoxy) is 5. The number of esters is 1. The quantitative estimate of drug-likeness (QED) is 0.174. The summed E-state index contributed by atoms with van der Waals surface area (Å²) in [6, 6.07) is -0.136. The fraction of sp³-hybridized carbons (Fsp3) is 0.700. The summed E-state index contributed by atoms with van der Waals surface area (Å²) in [6.45, 7) is 8.18. The predicted molar refractivity (Wildman–Crippen MR) is 151 cm³/mol. The minimum atomic E-state index is -0.804. The smallest absolute Gasteiger partial charge is 0.409 e. The van der Waals surface area contributed by atoms with Gasteiger partial charge < -0.3 is 39.0 Å². The second-order valence-electron chi connectivity index (χ2n) is 11.6. The molecule has 0 bridgehead atoms. The molecule has 0 radical (unpaired) electrons. The average molecular weight is 579 g/mol. The van der Waals surface area contributed by atoms with Gasteiger partial charge in [-0.05, 0) is 45.6 Å². The third-order valence-electron chi connectivity index (χ3n) is 7.85. The molecule has 11 heteroatoms. The van der Waals surface area contributed by atoms with Crippen molar-refractivity contribution < 1.29 is 43.2 Å². The summed E-state index contributed by atoms with van der Waals surface area (Å²) in [7, 11) is 4.54. The van der Waals surface area contributed by atoms with E-state index in [4.69, 9.17) is 23.7 Å². The Hall–Kier alpha value is -2.73. The maximum absolute atomic E-state index is 12.5. The molecule has 2 amide bonds.